The molecule has 150 valence electrons. The zero-order valence-corrected chi connectivity index (χ0v) is 16.4. The van der Waals surface area contributed by atoms with Crippen LogP contribution in [0, 0.1) is 18.8 Å². The lowest BCUT2D eigenvalue weighted by molar-refractivity contribution is 0.0801. The number of pyridine rings is 3. The molecule has 0 amide bonds. The van der Waals surface area contributed by atoms with Crippen LogP contribution in [0.25, 0.3) is 22.0 Å². The molecule has 0 unspecified atom stereocenters. The van der Waals surface area contributed by atoms with Crippen LogP contribution in [-0.4, -0.2) is 31.3 Å². The summed E-state index contributed by atoms with van der Waals surface area (Å²) in [6.45, 7) is 7.56. The molecule has 0 radical (unpaired) electrons. The quantitative estimate of drug-likeness (QED) is 0.537. The van der Waals surface area contributed by atoms with Crippen LogP contribution >= 0.6 is 0 Å². The van der Waals surface area contributed by atoms with Crippen molar-refractivity contribution in [2.45, 2.75) is 20.1 Å². The summed E-state index contributed by atoms with van der Waals surface area (Å²) in [5.74, 6) is 1.89. The Labute approximate surface area is 173 Å². The molecule has 1 aliphatic rings. The summed E-state index contributed by atoms with van der Waals surface area (Å²) in [4.78, 5) is 13.2. The number of ether oxygens (including phenoxy) is 1. The second kappa shape index (κ2) is 8.14. The van der Waals surface area contributed by atoms with Gasteiger partial charge in [0.05, 0.1) is 31.1 Å². The Hall–Kier alpha value is -4.03. The lowest BCUT2D eigenvalue weighted by Gasteiger charge is -2.12. The van der Waals surface area contributed by atoms with Gasteiger partial charge in [-0.3, -0.25) is 9.67 Å². The number of nitriles is 1. The number of nitrogens with one attached hydrogen (secondary N) is 1. The molecule has 0 fully saturated rings. The lowest BCUT2D eigenvalue weighted by Crippen LogP contribution is -2.16. The van der Waals surface area contributed by atoms with Crippen molar-refractivity contribution in [2.75, 3.05) is 17.7 Å². The Morgan fingerprint density at radius 1 is 1.20 bits per heavy atom. The number of fused-ring (bicyclic) bond motifs is 2. The van der Waals surface area contributed by atoms with Crippen molar-refractivity contribution >= 4 is 28.2 Å². The minimum atomic E-state index is 0.449. The van der Waals surface area contributed by atoms with E-state index in [4.69, 9.17) is 15.7 Å². The fraction of sp³-hybridized carbons (Fsp3) is 0.190. The van der Waals surface area contributed by atoms with E-state index >= 15 is 0 Å². The third kappa shape index (κ3) is 3.64. The Morgan fingerprint density at radius 2 is 2.07 bits per heavy atom. The summed E-state index contributed by atoms with van der Waals surface area (Å²) in [6.07, 6.45) is 5.31. The third-order valence-electron chi connectivity index (χ3n) is 4.88. The number of hydrogen-bond donors (Lipinski definition) is 2. The van der Waals surface area contributed by atoms with E-state index in [0.717, 1.165) is 45.6 Å². The van der Waals surface area contributed by atoms with Gasteiger partial charge in [-0.2, -0.15) is 5.10 Å². The highest BCUT2D eigenvalue weighted by Crippen LogP contribution is 2.29. The van der Waals surface area contributed by atoms with E-state index in [1.807, 2.05) is 35.9 Å². The van der Waals surface area contributed by atoms with Gasteiger partial charge >= 0.3 is 0 Å². The Kier molecular flexibility index (Phi) is 5.24. The maximum atomic E-state index is 6.50. The smallest absolute Gasteiger partial charge is 0.153 e. The van der Waals surface area contributed by atoms with E-state index < -0.39 is 0 Å². The molecular formula is C21H20N8O. The largest absolute Gasteiger partial charge is 0.383 e. The van der Waals surface area contributed by atoms with Crippen LogP contribution in [-0.2, 0) is 17.9 Å². The van der Waals surface area contributed by atoms with Crippen molar-refractivity contribution in [3.63, 3.8) is 0 Å². The molecule has 5 heterocycles. The molecule has 9 heteroatoms. The van der Waals surface area contributed by atoms with Crippen LogP contribution in [0.1, 0.15) is 11.3 Å². The molecule has 0 bridgehead atoms. The Morgan fingerprint density at radius 3 is 2.87 bits per heavy atom. The standard InChI is InChI=1S/C20H19N7O.CHN/c1-12-2-3-22-9-15(12)17-6-13-7-18(23-10-16(13)20(21)24-17)25-19-8-14-11-28-5-4-27(14)26-19;1-2/h2-3,6-10H,4-5,11H2,1H3,(H2,21,24)(H,23,25,26);1H. The normalized spacial score (nSPS) is 12.6. The lowest BCUT2D eigenvalue weighted by atomic mass is 10.1. The SMILES string of the molecule is C#N.Cc1ccncc1-c1cc2cc(Nc3cc4n(n3)CCOC4)ncc2c(N)n1. The number of rotatable bonds is 3. The Balaban J connectivity index is 0.00000106. The number of hydrogen-bond acceptors (Lipinski definition) is 8. The second-order valence-corrected chi connectivity index (χ2v) is 6.80. The molecule has 0 aromatic carbocycles. The number of nitrogens with two attached hydrogens (primary N) is 1. The average Bonchev–Trinajstić information content (AvgIpc) is 3.17. The third-order valence-corrected chi connectivity index (χ3v) is 4.88. The first kappa shape index (κ1) is 19.3. The van der Waals surface area contributed by atoms with Crippen LogP contribution in [0.4, 0.5) is 17.5 Å². The summed E-state index contributed by atoms with van der Waals surface area (Å²) in [7, 11) is 0. The van der Waals surface area contributed by atoms with E-state index in [9.17, 15) is 0 Å². The Bertz CT molecular complexity index is 1210. The zero-order chi connectivity index (χ0) is 21.1. The van der Waals surface area contributed by atoms with Gasteiger partial charge in [0, 0.05) is 42.2 Å². The number of aromatic nitrogens is 5. The van der Waals surface area contributed by atoms with Crippen LogP contribution in [0.15, 0.2) is 42.9 Å². The number of nitrogens with zero attached hydrogens (tertiary/aromatic N) is 6. The van der Waals surface area contributed by atoms with Crippen molar-refractivity contribution in [1.29, 1.82) is 5.26 Å². The molecule has 30 heavy (non-hydrogen) atoms. The maximum absolute atomic E-state index is 6.50. The van der Waals surface area contributed by atoms with E-state index in [1.165, 1.54) is 0 Å². The molecule has 4 aromatic rings. The number of nitrogen functional groups attached to an aromatic ring is 1. The van der Waals surface area contributed by atoms with Crippen LogP contribution < -0.4 is 11.1 Å². The summed E-state index contributed by atoms with van der Waals surface area (Å²) < 4.78 is 7.42. The van der Waals surface area contributed by atoms with Crippen LogP contribution in [0.2, 0.25) is 0 Å². The molecule has 9 nitrogen and oxygen atoms in total. The van der Waals surface area contributed by atoms with Crippen LogP contribution in [0.5, 0.6) is 0 Å². The second-order valence-electron chi connectivity index (χ2n) is 6.80. The van der Waals surface area contributed by atoms with Crippen LogP contribution in [0.3, 0.4) is 0 Å². The molecule has 3 N–H and O–H groups in total. The minimum Gasteiger partial charge on any atom is -0.383 e. The maximum Gasteiger partial charge on any atom is 0.153 e. The summed E-state index contributed by atoms with van der Waals surface area (Å²) in [5.41, 5.74) is 10.1. The van der Waals surface area contributed by atoms with Gasteiger partial charge in [-0.15, -0.1) is 0 Å². The van der Waals surface area contributed by atoms with Crippen molar-refractivity contribution in [2.24, 2.45) is 0 Å². The van der Waals surface area contributed by atoms with Crippen molar-refractivity contribution in [1.82, 2.24) is 24.7 Å². The number of aryl methyl sites for hydroxylation is 1. The number of anilines is 3. The highest BCUT2D eigenvalue weighted by Gasteiger charge is 2.14. The van der Waals surface area contributed by atoms with Gasteiger partial charge < -0.3 is 15.8 Å². The summed E-state index contributed by atoms with van der Waals surface area (Å²) in [6, 6.07) is 7.91. The summed E-state index contributed by atoms with van der Waals surface area (Å²) in [5, 5.41) is 16.1. The van der Waals surface area contributed by atoms with Crippen molar-refractivity contribution in [3.05, 3.63) is 54.1 Å². The molecule has 4 aromatic heterocycles. The van der Waals surface area contributed by atoms with E-state index in [0.29, 0.717) is 24.8 Å². The fourth-order valence-corrected chi connectivity index (χ4v) is 3.40. The molecule has 0 saturated heterocycles. The van der Waals surface area contributed by atoms with Gasteiger partial charge in [0.15, 0.2) is 5.82 Å². The fourth-order valence-electron chi connectivity index (χ4n) is 3.40. The highest BCUT2D eigenvalue weighted by atomic mass is 16.5. The first-order chi connectivity index (χ1) is 14.7. The predicted molar refractivity (Wildman–Crippen MR) is 114 cm³/mol. The first-order valence-electron chi connectivity index (χ1n) is 9.32. The van der Waals surface area contributed by atoms with Gasteiger partial charge in [0.2, 0.25) is 0 Å². The van der Waals surface area contributed by atoms with Gasteiger partial charge in [-0.1, -0.05) is 0 Å². The minimum absolute atomic E-state index is 0.449. The predicted octanol–water partition coefficient (Wildman–Crippen LogP) is 3.19. The molecule has 0 spiro atoms. The monoisotopic (exact) mass is 400 g/mol. The van der Waals surface area contributed by atoms with Gasteiger partial charge in [0.25, 0.3) is 0 Å². The molecule has 5 rings (SSSR count). The first-order valence-corrected chi connectivity index (χ1v) is 9.32. The molecular weight excluding hydrogens is 380 g/mol. The zero-order valence-electron chi connectivity index (χ0n) is 16.4. The van der Waals surface area contributed by atoms with E-state index in [-0.39, 0.29) is 0 Å². The molecule has 0 saturated carbocycles. The van der Waals surface area contributed by atoms with Gasteiger partial charge in [-0.05, 0) is 36.1 Å². The van der Waals surface area contributed by atoms with Crippen molar-refractivity contribution in [3.8, 4) is 17.8 Å². The van der Waals surface area contributed by atoms with Crippen molar-refractivity contribution < 1.29 is 4.74 Å². The molecule has 0 atom stereocenters. The van der Waals surface area contributed by atoms with E-state index in [1.54, 1.807) is 18.6 Å². The van der Waals surface area contributed by atoms with E-state index in [2.05, 4.69) is 31.9 Å². The van der Waals surface area contributed by atoms with Gasteiger partial charge in [-0.25, -0.2) is 15.2 Å². The average molecular weight is 400 g/mol. The molecule has 1 aliphatic heterocycles. The van der Waals surface area contributed by atoms with Gasteiger partial charge in [0.1, 0.15) is 11.6 Å². The highest BCUT2D eigenvalue weighted by molar-refractivity contribution is 5.94. The topological polar surface area (TPSA) is 128 Å². The molecule has 0 aliphatic carbocycles. The summed E-state index contributed by atoms with van der Waals surface area (Å²) >= 11 is 0.